The van der Waals surface area contributed by atoms with Crippen molar-refractivity contribution in [1.29, 1.82) is 0 Å². The minimum absolute atomic E-state index is 0.824. The van der Waals surface area contributed by atoms with Crippen molar-refractivity contribution >= 4 is 34.2 Å². The molecule has 0 aliphatic heterocycles. The van der Waals surface area contributed by atoms with Crippen LogP contribution in [0.15, 0.2) is 20.6 Å². The minimum atomic E-state index is 0.824. The molecule has 0 saturated carbocycles. The van der Waals surface area contributed by atoms with Gasteiger partial charge >= 0.3 is 0 Å². The van der Waals surface area contributed by atoms with E-state index in [1.807, 2.05) is 0 Å². The van der Waals surface area contributed by atoms with Crippen LogP contribution in [0.3, 0.4) is 0 Å². The fraction of sp³-hybridized carbons (Fsp3) is 0.500. The van der Waals surface area contributed by atoms with Crippen LogP contribution in [0.25, 0.3) is 0 Å². The molecular weight excluding hydrogens is 244 g/mol. The SMILES string of the molecule is CC([SiH3])=NO.CC=NO.CC=NO.CC=NO. The first-order valence-electron chi connectivity index (χ1n) is 4.53. The molecule has 4 N–H and O–H groups in total. The third-order valence-electron chi connectivity index (χ3n) is 0.546. The van der Waals surface area contributed by atoms with Gasteiger partial charge in [0.2, 0.25) is 0 Å². The van der Waals surface area contributed by atoms with Crippen molar-refractivity contribution in [3.63, 3.8) is 0 Å². The standard InChI is InChI=1S/C2H7NOSi.3C2H5NO/c1-2(5)3-4;3*1-2-3-4/h4H,1,5H3;3*2,4H,1H3. The first-order valence-corrected chi connectivity index (χ1v) is 5.53. The van der Waals surface area contributed by atoms with Crippen LogP contribution in [0.1, 0.15) is 27.7 Å². The lowest BCUT2D eigenvalue weighted by Crippen LogP contribution is -1.83. The van der Waals surface area contributed by atoms with E-state index in [1.54, 1.807) is 27.7 Å². The molecule has 0 saturated heterocycles. The summed E-state index contributed by atoms with van der Waals surface area (Å²) in [5.74, 6) is 0. The van der Waals surface area contributed by atoms with Gasteiger partial charge < -0.3 is 20.8 Å². The van der Waals surface area contributed by atoms with Gasteiger partial charge in [0.05, 0.1) is 10.2 Å². The number of nitrogens with zero attached hydrogens (tertiary/aromatic N) is 4. The van der Waals surface area contributed by atoms with Crippen molar-refractivity contribution in [2.24, 2.45) is 20.6 Å². The number of rotatable bonds is 0. The van der Waals surface area contributed by atoms with Crippen LogP contribution in [0, 0.1) is 0 Å². The second-order valence-electron chi connectivity index (χ2n) is 2.17. The van der Waals surface area contributed by atoms with E-state index in [0.29, 0.717) is 0 Å². The Labute approximate surface area is 104 Å². The maximum absolute atomic E-state index is 7.77. The molecule has 0 bridgehead atoms. The van der Waals surface area contributed by atoms with E-state index in [4.69, 9.17) is 20.8 Å². The van der Waals surface area contributed by atoms with Gasteiger partial charge in [0, 0.05) is 24.0 Å². The molecule has 0 radical (unpaired) electrons. The molecule has 0 heterocycles. The number of hydrogen-bond donors (Lipinski definition) is 4. The third kappa shape index (κ3) is 215. The lowest BCUT2D eigenvalue weighted by molar-refractivity contribution is 0.320. The van der Waals surface area contributed by atoms with Crippen LogP contribution in [-0.2, 0) is 0 Å². The zero-order valence-corrected chi connectivity index (χ0v) is 12.8. The highest BCUT2D eigenvalue weighted by molar-refractivity contribution is 6.58. The van der Waals surface area contributed by atoms with E-state index in [-0.39, 0.29) is 0 Å². The van der Waals surface area contributed by atoms with Crippen molar-refractivity contribution in [3.8, 4) is 0 Å². The lowest BCUT2D eigenvalue weighted by atomic mass is 10.9. The molecule has 0 aliphatic carbocycles. The molecule has 0 rings (SSSR count). The quantitative estimate of drug-likeness (QED) is 0.221. The van der Waals surface area contributed by atoms with Gasteiger partial charge in [0.1, 0.15) is 0 Å². The summed E-state index contributed by atoms with van der Waals surface area (Å²) < 4.78 is 0. The molecule has 0 fully saturated rings. The smallest absolute Gasteiger partial charge is 0.0609 e. The molecule has 0 spiro atoms. The maximum atomic E-state index is 7.77. The molecule has 102 valence electrons. The van der Waals surface area contributed by atoms with Crippen molar-refractivity contribution in [1.82, 2.24) is 0 Å². The number of oxime groups is 4. The summed E-state index contributed by atoms with van der Waals surface area (Å²) in [6, 6.07) is 0. The van der Waals surface area contributed by atoms with Crippen molar-refractivity contribution in [3.05, 3.63) is 0 Å². The highest BCUT2D eigenvalue weighted by atomic mass is 28.1. The molecule has 0 amide bonds. The molecule has 0 aromatic heterocycles. The van der Waals surface area contributed by atoms with Crippen molar-refractivity contribution in [2.75, 3.05) is 0 Å². The van der Waals surface area contributed by atoms with Gasteiger partial charge in [-0.05, 0) is 27.7 Å². The second kappa shape index (κ2) is 36.9. The van der Waals surface area contributed by atoms with E-state index < -0.39 is 0 Å². The van der Waals surface area contributed by atoms with Gasteiger partial charge in [-0.3, -0.25) is 0 Å². The molecular formula is C8H22N4O4Si. The van der Waals surface area contributed by atoms with Crippen molar-refractivity contribution < 1.29 is 20.8 Å². The molecule has 0 aliphatic rings. The monoisotopic (exact) mass is 266 g/mol. The first kappa shape index (κ1) is 24.4. The van der Waals surface area contributed by atoms with E-state index in [2.05, 4.69) is 20.6 Å². The Balaban J connectivity index is -0.0000000667. The fourth-order valence-corrected chi connectivity index (χ4v) is 0. The third-order valence-corrected chi connectivity index (χ3v) is 0.746. The first-order chi connectivity index (χ1) is 8.01. The Morgan fingerprint density at radius 3 is 0.941 bits per heavy atom. The molecule has 0 atom stereocenters. The van der Waals surface area contributed by atoms with Crippen LogP contribution in [0.2, 0.25) is 0 Å². The number of hydrogen-bond acceptors (Lipinski definition) is 8. The van der Waals surface area contributed by atoms with Gasteiger partial charge in [0.25, 0.3) is 0 Å². The summed E-state index contributed by atoms with van der Waals surface area (Å²) in [5, 5.41) is 41.6. The summed E-state index contributed by atoms with van der Waals surface area (Å²) in [6.45, 7) is 6.70. The van der Waals surface area contributed by atoms with Gasteiger partial charge in [-0.2, -0.15) is 0 Å². The Bertz CT molecular complexity index is 180. The Morgan fingerprint density at radius 1 is 0.824 bits per heavy atom. The zero-order chi connectivity index (χ0) is 14.5. The van der Waals surface area contributed by atoms with Gasteiger partial charge in [-0.15, -0.1) is 20.6 Å². The average molecular weight is 266 g/mol. The molecule has 9 heteroatoms. The topological polar surface area (TPSA) is 130 Å². The molecule has 0 aromatic carbocycles. The van der Waals surface area contributed by atoms with Gasteiger partial charge in [-0.25, -0.2) is 0 Å². The summed E-state index contributed by atoms with van der Waals surface area (Å²) in [7, 11) is 0.870. The fourth-order valence-electron chi connectivity index (χ4n) is 0. The minimum Gasteiger partial charge on any atom is -0.411 e. The average Bonchev–Trinajstić information content (AvgIpc) is 2.39. The Kier molecular flexibility index (Phi) is 52.9. The normalized spacial score (nSPS) is 10.2. The van der Waals surface area contributed by atoms with E-state index in [9.17, 15) is 0 Å². The van der Waals surface area contributed by atoms with Gasteiger partial charge in [0.15, 0.2) is 0 Å². The highest BCUT2D eigenvalue weighted by Crippen LogP contribution is 1.56. The molecule has 17 heavy (non-hydrogen) atoms. The summed E-state index contributed by atoms with van der Waals surface area (Å²) in [4.78, 5) is 0. The molecule has 0 aromatic rings. The van der Waals surface area contributed by atoms with E-state index in [1.165, 1.54) is 18.6 Å². The summed E-state index contributed by atoms with van der Waals surface area (Å²) >= 11 is 0. The van der Waals surface area contributed by atoms with E-state index >= 15 is 0 Å². The lowest BCUT2D eigenvalue weighted by Gasteiger charge is -1.72. The predicted molar refractivity (Wildman–Crippen MR) is 72.7 cm³/mol. The second-order valence-corrected chi connectivity index (χ2v) is 3.62. The van der Waals surface area contributed by atoms with Crippen LogP contribution in [0.4, 0.5) is 0 Å². The molecule has 0 unspecified atom stereocenters. The Hall–Kier alpha value is -1.90. The van der Waals surface area contributed by atoms with Crippen LogP contribution in [0.5, 0.6) is 0 Å². The maximum Gasteiger partial charge on any atom is 0.0609 e. The summed E-state index contributed by atoms with van der Waals surface area (Å²) in [5.41, 5.74) is 0. The van der Waals surface area contributed by atoms with Crippen LogP contribution >= 0.6 is 0 Å². The highest BCUT2D eigenvalue weighted by Gasteiger charge is 1.65. The van der Waals surface area contributed by atoms with E-state index in [0.717, 1.165) is 15.6 Å². The van der Waals surface area contributed by atoms with Gasteiger partial charge in [-0.1, -0.05) is 0 Å². The zero-order valence-electron chi connectivity index (χ0n) is 10.8. The van der Waals surface area contributed by atoms with Crippen LogP contribution in [-0.4, -0.2) is 55.1 Å². The van der Waals surface area contributed by atoms with Crippen LogP contribution < -0.4 is 0 Å². The Morgan fingerprint density at radius 2 is 0.941 bits per heavy atom. The van der Waals surface area contributed by atoms with Crippen molar-refractivity contribution in [2.45, 2.75) is 27.7 Å². The largest absolute Gasteiger partial charge is 0.411 e. The predicted octanol–water partition coefficient (Wildman–Crippen LogP) is 0.558. The summed E-state index contributed by atoms with van der Waals surface area (Å²) in [6.07, 6.45) is 3.92. The molecule has 8 nitrogen and oxygen atoms in total.